The van der Waals surface area contributed by atoms with Gasteiger partial charge in [0.25, 0.3) is 5.91 Å². The molecule has 0 saturated carbocycles. The topological polar surface area (TPSA) is 68.8 Å². The Labute approximate surface area is 185 Å². The Morgan fingerprint density at radius 1 is 0.935 bits per heavy atom. The van der Waals surface area contributed by atoms with Crippen molar-refractivity contribution in [3.05, 3.63) is 65.2 Å². The van der Waals surface area contributed by atoms with E-state index in [4.69, 9.17) is 4.98 Å². The number of imide groups is 1. The molecule has 1 N–H and O–H groups in total. The number of thiazole rings is 1. The predicted octanol–water partition coefficient (Wildman–Crippen LogP) is 2.53. The number of para-hydroxylation sites is 1. The maximum Gasteiger partial charge on any atom is 0.325 e. The number of hydrogen-bond acceptors (Lipinski definition) is 6. The van der Waals surface area contributed by atoms with Gasteiger partial charge in [-0.25, -0.2) is 14.7 Å². The van der Waals surface area contributed by atoms with Crippen molar-refractivity contribution in [3.63, 3.8) is 0 Å². The summed E-state index contributed by atoms with van der Waals surface area (Å²) in [5, 5.41) is 3.97. The van der Waals surface area contributed by atoms with Crippen molar-refractivity contribution in [1.82, 2.24) is 25.0 Å². The van der Waals surface area contributed by atoms with E-state index >= 15 is 0 Å². The van der Waals surface area contributed by atoms with Gasteiger partial charge in [0, 0.05) is 32.6 Å². The lowest BCUT2D eigenvalue weighted by molar-refractivity contribution is -0.129. The quantitative estimate of drug-likeness (QED) is 0.603. The number of carbonyl (C=O) groups excluding carboxylic acids is 2. The normalized spacial score (nSPS) is 20.5. The van der Waals surface area contributed by atoms with Gasteiger partial charge >= 0.3 is 6.03 Å². The number of nitrogens with one attached hydrogen (secondary N) is 1. The Morgan fingerprint density at radius 2 is 1.65 bits per heavy atom. The molecule has 1 unspecified atom stereocenters. The van der Waals surface area contributed by atoms with Crippen LogP contribution in [0.3, 0.4) is 0 Å². The fraction of sp³-hybridized carbons (Fsp3) is 0.348. The van der Waals surface area contributed by atoms with E-state index in [0.29, 0.717) is 13.1 Å². The Kier molecular flexibility index (Phi) is 5.67. The summed E-state index contributed by atoms with van der Waals surface area (Å²) in [5.41, 5.74) is 2.11. The summed E-state index contributed by atoms with van der Waals surface area (Å²) in [5.74, 6) is -0.134. The van der Waals surface area contributed by atoms with Crippen molar-refractivity contribution in [2.75, 3.05) is 32.8 Å². The van der Waals surface area contributed by atoms with Crippen LogP contribution in [0.1, 0.15) is 10.6 Å². The zero-order valence-corrected chi connectivity index (χ0v) is 18.1. The standard InChI is InChI=1S/C23H25N5O2S/c29-22-19(14-17-6-2-1-3-7-17)25-23(30)28(22)16-27-12-10-26(11-13-27)15-21-24-18-8-4-5-9-20(18)31-21/h1-9,19H,10-16H2,(H,25,30). The first-order chi connectivity index (χ1) is 15.2. The highest BCUT2D eigenvalue weighted by Crippen LogP contribution is 2.23. The highest BCUT2D eigenvalue weighted by atomic mass is 32.1. The van der Waals surface area contributed by atoms with Crippen LogP contribution in [0.2, 0.25) is 0 Å². The third-order valence-electron chi connectivity index (χ3n) is 5.89. The number of carbonyl (C=O) groups is 2. The Balaban J connectivity index is 1.13. The molecule has 2 aliphatic heterocycles. The van der Waals surface area contributed by atoms with E-state index in [0.717, 1.165) is 48.8 Å². The molecule has 3 aromatic rings. The Morgan fingerprint density at radius 3 is 2.42 bits per heavy atom. The molecule has 2 aliphatic rings. The minimum atomic E-state index is -0.477. The van der Waals surface area contributed by atoms with Crippen LogP contribution in [0.25, 0.3) is 10.2 Å². The third kappa shape index (κ3) is 4.46. The van der Waals surface area contributed by atoms with Gasteiger partial charge in [-0.3, -0.25) is 14.6 Å². The monoisotopic (exact) mass is 435 g/mol. The molecule has 0 bridgehead atoms. The van der Waals surface area contributed by atoms with Crippen LogP contribution in [0.15, 0.2) is 54.6 Å². The molecule has 2 fully saturated rings. The fourth-order valence-corrected chi connectivity index (χ4v) is 5.18. The van der Waals surface area contributed by atoms with Crippen molar-refractivity contribution in [1.29, 1.82) is 0 Å². The first-order valence-electron chi connectivity index (χ1n) is 10.6. The summed E-state index contributed by atoms with van der Waals surface area (Å²) in [6.07, 6.45) is 0.526. The SMILES string of the molecule is O=C1NC(Cc2ccccc2)C(=O)N1CN1CCN(Cc2nc3ccccc3s2)CC1. The van der Waals surface area contributed by atoms with Gasteiger partial charge in [-0.05, 0) is 17.7 Å². The predicted molar refractivity (Wildman–Crippen MR) is 121 cm³/mol. The van der Waals surface area contributed by atoms with Crippen molar-refractivity contribution in [3.8, 4) is 0 Å². The number of rotatable bonds is 6. The molecular weight excluding hydrogens is 410 g/mol. The molecule has 2 aromatic carbocycles. The van der Waals surface area contributed by atoms with Crippen LogP contribution in [0.4, 0.5) is 4.79 Å². The molecule has 0 radical (unpaired) electrons. The number of amides is 3. The smallest absolute Gasteiger partial charge is 0.325 e. The molecule has 8 heteroatoms. The molecule has 3 heterocycles. The molecule has 2 saturated heterocycles. The van der Waals surface area contributed by atoms with Crippen LogP contribution < -0.4 is 5.32 Å². The molecule has 5 rings (SSSR count). The van der Waals surface area contributed by atoms with Gasteiger partial charge in [-0.2, -0.15) is 0 Å². The van der Waals surface area contributed by atoms with Gasteiger partial charge in [-0.1, -0.05) is 42.5 Å². The summed E-state index contributed by atoms with van der Waals surface area (Å²) in [7, 11) is 0. The lowest BCUT2D eigenvalue weighted by Gasteiger charge is -2.35. The third-order valence-corrected chi connectivity index (χ3v) is 6.91. The van der Waals surface area contributed by atoms with Crippen LogP contribution >= 0.6 is 11.3 Å². The Bertz CT molecular complexity index is 1040. The minimum absolute atomic E-state index is 0.134. The van der Waals surface area contributed by atoms with Crippen molar-refractivity contribution < 1.29 is 9.59 Å². The van der Waals surface area contributed by atoms with Crippen molar-refractivity contribution in [2.45, 2.75) is 19.0 Å². The molecule has 0 spiro atoms. The number of hydrogen-bond donors (Lipinski definition) is 1. The second-order valence-electron chi connectivity index (χ2n) is 8.07. The van der Waals surface area contributed by atoms with E-state index in [1.165, 1.54) is 9.60 Å². The number of urea groups is 1. The summed E-state index contributed by atoms with van der Waals surface area (Å²) < 4.78 is 1.22. The molecular formula is C23H25N5O2S. The van der Waals surface area contributed by atoms with Crippen LogP contribution in [-0.2, 0) is 17.8 Å². The van der Waals surface area contributed by atoms with E-state index in [2.05, 4.69) is 27.2 Å². The molecule has 160 valence electrons. The number of aromatic nitrogens is 1. The minimum Gasteiger partial charge on any atom is -0.325 e. The van der Waals surface area contributed by atoms with Gasteiger partial charge < -0.3 is 5.32 Å². The number of piperazine rings is 1. The second-order valence-corrected chi connectivity index (χ2v) is 9.18. The molecule has 0 aliphatic carbocycles. The Hall–Kier alpha value is -2.81. The van der Waals surface area contributed by atoms with Crippen LogP contribution in [-0.4, -0.2) is 70.5 Å². The number of nitrogens with zero attached hydrogens (tertiary/aromatic N) is 4. The summed E-state index contributed by atoms with van der Waals surface area (Å²) in [6, 6.07) is 17.3. The van der Waals surface area contributed by atoms with Crippen LogP contribution in [0, 0.1) is 0 Å². The largest absolute Gasteiger partial charge is 0.325 e. The maximum absolute atomic E-state index is 12.8. The fourth-order valence-electron chi connectivity index (χ4n) is 4.17. The summed E-state index contributed by atoms with van der Waals surface area (Å²) in [4.78, 5) is 35.8. The number of fused-ring (bicyclic) bond motifs is 1. The van der Waals surface area contributed by atoms with E-state index in [1.54, 1.807) is 11.3 Å². The zero-order chi connectivity index (χ0) is 21.2. The molecule has 7 nitrogen and oxygen atoms in total. The molecule has 1 aromatic heterocycles. The van der Waals surface area contributed by atoms with Gasteiger partial charge in [-0.15, -0.1) is 11.3 Å². The molecule has 1 atom stereocenters. The van der Waals surface area contributed by atoms with E-state index in [1.807, 2.05) is 42.5 Å². The zero-order valence-electron chi connectivity index (χ0n) is 17.2. The van der Waals surface area contributed by atoms with Crippen LogP contribution in [0.5, 0.6) is 0 Å². The van der Waals surface area contributed by atoms with Crippen molar-refractivity contribution in [2.24, 2.45) is 0 Å². The van der Waals surface area contributed by atoms with Gasteiger partial charge in [0.15, 0.2) is 0 Å². The number of benzene rings is 2. The van der Waals surface area contributed by atoms with Crippen molar-refractivity contribution >= 4 is 33.5 Å². The first-order valence-corrected chi connectivity index (χ1v) is 11.4. The summed E-state index contributed by atoms with van der Waals surface area (Å²) in [6.45, 7) is 4.64. The summed E-state index contributed by atoms with van der Waals surface area (Å²) >= 11 is 1.75. The average molecular weight is 436 g/mol. The van der Waals surface area contributed by atoms with Gasteiger partial charge in [0.1, 0.15) is 11.0 Å². The lowest BCUT2D eigenvalue weighted by Crippen LogP contribution is -2.51. The van der Waals surface area contributed by atoms with E-state index in [9.17, 15) is 9.59 Å². The van der Waals surface area contributed by atoms with Gasteiger partial charge in [0.2, 0.25) is 0 Å². The molecule has 3 amide bonds. The maximum atomic E-state index is 12.8. The van der Waals surface area contributed by atoms with E-state index < -0.39 is 6.04 Å². The molecule has 31 heavy (non-hydrogen) atoms. The highest BCUT2D eigenvalue weighted by Gasteiger charge is 2.39. The van der Waals surface area contributed by atoms with E-state index in [-0.39, 0.29) is 11.9 Å². The second kappa shape index (κ2) is 8.74. The first kappa shape index (κ1) is 20.1. The average Bonchev–Trinajstić information content (AvgIpc) is 3.31. The highest BCUT2D eigenvalue weighted by molar-refractivity contribution is 7.18. The lowest BCUT2D eigenvalue weighted by atomic mass is 10.1. The van der Waals surface area contributed by atoms with Gasteiger partial charge in [0.05, 0.1) is 23.4 Å².